The van der Waals surface area contributed by atoms with Crippen LogP contribution in [-0.4, -0.2) is 236 Å². The molecule has 14 rings (SSSR count). The van der Waals surface area contributed by atoms with Crippen LogP contribution in [0.3, 0.4) is 0 Å². The first kappa shape index (κ1) is 91.8. The third-order valence-electron chi connectivity index (χ3n) is 16.9. The number of anilines is 5. The fraction of sp³-hybridized carbons (Fsp3) is 0.343. The van der Waals surface area contributed by atoms with Gasteiger partial charge in [0.15, 0.2) is 34.6 Å². The van der Waals surface area contributed by atoms with Crippen molar-refractivity contribution < 1.29 is 102 Å². The summed E-state index contributed by atoms with van der Waals surface area (Å²) < 4.78 is 45.0. The number of rotatable bonds is 19. The number of benzene rings is 4. The molecule has 12 aromatic rings. The second-order valence-electron chi connectivity index (χ2n) is 24.5. The van der Waals surface area contributed by atoms with E-state index in [0.717, 1.165) is 121 Å². The Morgan fingerprint density at radius 1 is 0.595 bits per heavy atom. The second kappa shape index (κ2) is 43.8. The van der Waals surface area contributed by atoms with E-state index >= 15 is 0 Å². The molecule has 0 unspecified atom stereocenters. The number of fused-ring (bicyclic) bond motifs is 2. The fourth-order valence-electron chi connectivity index (χ4n) is 11.5. The average molecular weight is 1680 g/mol. The molecular weight excluding hydrogens is 1590 g/mol. The summed E-state index contributed by atoms with van der Waals surface area (Å²) in [5, 5.41) is 102. The van der Waals surface area contributed by atoms with Crippen molar-refractivity contribution in [2.24, 2.45) is 0 Å². The molecule has 46 heteroatoms. The Bertz CT molecular complexity index is 5190. The number of hydrogen-bond donors (Lipinski definition) is 9. The van der Waals surface area contributed by atoms with Crippen molar-refractivity contribution in [1.29, 1.82) is 0 Å². The number of ether oxygens (including phenoxy) is 7. The van der Waals surface area contributed by atoms with Crippen molar-refractivity contribution in [2.45, 2.75) is 86.2 Å². The van der Waals surface area contributed by atoms with E-state index in [-0.39, 0.29) is 61.0 Å². The molecule has 2 aliphatic heterocycles. The Balaban J connectivity index is 0.000000255. The number of aliphatic carboxylic acids is 2. The van der Waals surface area contributed by atoms with Gasteiger partial charge in [-0.3, -0.25) is 14.9 Å². The topological polar surface area (TPSA) is 545 Å². The average Bonchev–Trinajstić information content (AvgIpc) is 1.66. The zero-order valence-electron chi connectivity index (χ0n) is 65.4. The Hall–Kier alpha value is -13.1. The molecule has 10 N–H and O–H groups in total. The van der Waals surface area contributed by atoms with Gasteiger partial charge < -0.3 is 99.4 Å². The number of aliphatic hydroxyl groups is 2. The van der Waals surface area contributed by atoms with Gasteiger partial charge >= 0.3 is 19.0 Å². The molecule has 116 heavy (non-hydrogen) atoms. The zero-order chi connectivity index (χ0) is 84.3. The van der Waals surface area contributed by atoms with E-state index in [9.17, 15) is 30.4 Å². The van der Waals surface area contributed by atoms with Gasteiger partial charge in [0, 0.05) is 92.8 Å². The van der Waals surface area contributed by atoms with Crippen molar-refractivity contribution in [3.05, 3.63) is 164 Å². The molecular formula is C70H90BClCuN24O19. The van der Waals surface area contributed by atoms with Crippen LogP contribution in [-0.2, 0) is 26.7 Å². The minimum absolute atomic E-state index is 0. The van der Waals surface area contributed by atoms with Crippen LogP contribution in [0.4, 0.5) is 41.4 Å². The van der Waals surface area contributed by atoms with E-state index in [1.807, 2.05) is 95.5 Å². The summed E-state index contributed by atoms with van der Waals surface area (Å²) in [4.78, 5) is 65.4. The second-order valence-corrected chi connectivity index (χ2v) is 24.9. The first-order valence-electron chi connectivity index (χ1n) is 34.6. The van der Waals surface area contributed by atoms with Crippen LogP contribution in [0.1, 0.15) is 68.8 Å². The first-order chi connectivity index (χ1) is 54.9. The molecule has 1 radical (unpaired) electrons. The summed E-state index contributed by atoms with van der Waals surface area (Å²) in [5.41, 5.74) is 14.6. The normalized spacial score (nSPS) is 12.9. The Labute approximate surface area is 679 Å². The molecule has 0 spiro atoms. The Kier molecular flexibility index (Phi) is 34.7. The van der Waals surface area contributed by atoms with Gasteiger partial charge in [0.25, 0.3) is 11.9 Å². The third kappa shape index (κ3) is 24.5. The maximum absolute atomic E-state index is 10.6. The number of nitrogens with two attached hydrogens (primary N) is 1. The van der Waals surface area contributed by atoms with E-state index < -0.39 is 34.9 Å². The molecule has 4 aromatic carbocycles. The molecule has 0 bridgehead atoms. The Morgan fingerprint density at radius 3 is 1.48 bits per heavy atom. The molecule has 2 saturated heterocycles. The maximum Gasteiger partial charge on any atom is 0.491 e. The van der Waals surface area contributed by atoms with Crippen molar-refractivity contribution in [2.75, 3.05) is 96.9 Å². The quantitative estimate of drug-likeness (QED) is 0.0237. The first-order valence-corrected chi connectivity index (χ1v) is 35.0. The number of aromatic amines is 1. The predicted molar refractivity (Wildman–Crippen MR) is 422 cm³/mol. The summed E-state index contributed by atoms with van der Waals surface area (Å²) in [7, 11) is 9.63. The summed E-state index contributed by atoms with van der Waals surface area (Å²) in [6.45, 7) is 13.7. The molecule has 625 valence electrons. The van der Waals surface area contributed by atoms with E-state index in [1.165, 1.54) is 18.1 Å². The van der Waals surface area contributed by atoms with Crippen LogP contribution >= 0.6 is 11.6 Å². The number of halogens is 1. The predicted octanol–water partition coefficient (Wildman–Crippen LogP) is 6.49. The van der Waals surface area contributed by atoms with Crippen LogP contribution in [0.2, 0.25) is 5.28 Å². The number of aliphatic hydroxyl groups excluding tert-OH is 2. The number of carboxylic acid groups (broad SMARTS) is 2. The number of carboxylic acids is 2. The molecule has 2 fully saturated rings. The summed E-state index contributed by atoms with van der Waals surface area (Å²) in [5.74, 6) is 4.68. The summed E-state index contributed by atoms with van der Waals surface area (Å²) in [6, 6.07) is 22.3. The van der Waals surface area contributed by atoms with Crippen LogP contribution in [0.5, 0.6) is 40.2 Å². The van der Waals surface area contributed by atoms with Crippen molar-refractivity contribution >= 4 is 88.5 Å². The molecule has 43 nitrogen and oxygen atoms in total. The number of methoxy groups -OCH3 is 7. The van der Waals surface area contributed by atoms with E-state index in [4.69, 9.17) is 85.3 Å². The minimum Gasteiger partial charge on any atom is -0.496 e. The van der Waals surface area contributed by atoms with Crippen molar-refractivity contribution in [3.8, 4) is 57.3 Å². The van der Waals surface area contributed by atoms with Crippen molar-refractivity contribution in [1.82, 2.24) is 88.7 Å². The smallest absolute Gasteiger partial charge is 0.491 e. The largest absolute Gasteiger partial charge is 0.496 e. The standard InChI is InChI=1S/C22H26N8O3.C11H13ClN4O.C11H12N4O4.C11H14N4O2.C9H13BO3.C2H2N4O2.2C2H4O2.Cu.H2/c1-14-18(32-2)10-16(11-19(14)33-3)30-13-23-21(26-30)25-22-24-20(17-7-5-9-29(17)27-22)28-8-4-6-15(28)12-31;12-11-13-10(9-4-2-6-16(9)14-11)15-5-1-3-8(15)7-17;1-7-4-8(5-9(18-2)10(7)19-3)14-6-12-11(13-14)15(16)17;1-7-4-8(15-6-13-11(12)14-15)5-9(16-2)10(7)17-3;1-6-4-8(10(11)12)5-9(13-3)7(6)2;7-6(8)2-3-1-4-5-2;2*1-2(3)4;;/h5,7,9-11,13,15,31H,4,6,8,12H2,1-3H3,(H,25,26,27);2,4,6,8,17H,1,3,5,7H2;4-6H,1-3H3;4-6H,1-3H3,(H2,12,14);4-5,11-12H,1-3H3;1H,(H,3,4,5);2*1H3,(H,3,4);;1H/t15-;8-;;;;;;;;/m00......../s1. The molecule has 8 aromatic heterocycles. The van der Waals surface area contributed by atoms with Crippen LogP contribution in [0.15, 0.2) is 110 Å². The van der Waals surface area contributed by atoms with Gasteiger partial charge in [-0.25, -0.2) is 23.4 Å². The summed E-state index contributed by atoms with van der Waals surface area (Å²) in [6.07, 6.45) is 13.2. The van der Waals surface area contributed by atoms with Gasteiger partial charge in [0.05, 0.1) is 92.1 Å². The van der Waals surface area contributed by atoms with Gasteiger partial charge in [0.1, 0.15) is 40.9 Å². The number of hydrogen-bond acceptors (Lipinski definition) is 33. The van der Waals surface area contributed by atoms with Crippen LogP contribution in [0.25, 0.3) is 28.1 Å². The SMILES string of the molecule is CC(=O)O.CC(=O)O.COc1cc(-n2cnc(N)n2)cc(C)c1OC.COc1cc(-n2cnc(Nc3nc(N4CCC[C@H]4CO)c4cccn4n3)n2)cc(OC)c1C.COc1cc(-n2cnc([N+](=O)[O-])n2)cc(C)c1OC.COc1cc(B(O)O)cc(C)c1C.O=[N+]([O-])c1ncn[nH]1.OC[C@@H]1CCCN1c1nc(Cl)nn2cccc12.[Cu].[HH]. The van der Waals surface area contributed by atoms with Gasteiger partial charge in [0.2, 0.25) is 35.8 Å². The fourth-order valence-corrected chi connectivity index (χ4v) is 11.7. The van der Waals surface area contributed by atoms with Gasteiger partial charge in [-0.1, -0.05) is 21.1 Å². The Morgan fingerprint density at radius 2 is 1.05 bits per heavy atom. The number of H-pyrrole nitrogens is 1. The van der Waals surface area contributed by atoms with Gasteiger partial charge in [-0.2, -0.15) is 15.0 Å². The van der Waals surface area contributed by atoms with Gasteiger partial charge in [-0.05, 0) is 152 Å². The number of nitro groups is 2. The molecule has 2 aliphatic rings. The number of nitrogens with one attached hydrogen (secondary N) is 2. The molecule has 0 aliphatic carbocycles. The van der Waals surface area contributed by atoms with E-state index in [1.54, 1.807) is 98.0 Å². The van der Waals surface area contributed by atoms with Gasteiger partial charge in [-0.15, -0.1) is 30.2 Å². The molecule has 0 saturated carbocycles. The molecule has 2 atom stereocenters. The number of carbonyl (C=O) groups is 2. The maximum atomic E-state index is 10.6. The minimum atomic E-state index is -1.44. The number of nitrogen functional groups attached to an aromatic ring is 1. The number of aryl methyl sites for hydroxylation is 3. The van der Waals surface area contributed by atoms with Crippen molar-refractivity contribution in [3.63, 3.8) is 0 Å². The third-order valence-corrected chi connectivity index (χ3v) is 17.0. The number of aromatic nitrogens is 18. The van der Waals surface area contributed by atoms with Crippen LogP contribution in [0, 0.1) is 54.8 Å². The zero-order valence-corrected chi connectivity index (χ0v) is 67.1. The van der Waals surface area contributed by atoms with Crippen LogP contribution < -0.4 is 59.5 Å². The molecule has 10 heterocycles. The summed E-state index contributed by atoms with van der Waals surface area (Å²) >= 11 is 5.92. The molecule has 0 amide bonds. The van der Waals surface area contributed by atoms with E-state index in [0.29, 0.717) is 63.3 Å². The van der Waals surface area contributed by atoms with E-state index in [2.05, 4.69) is 75.7 Å². The monoisotopic (exact) mass is 1680 g/mol. The number of nitrogens with zero attached hydrogens (tertiary/aromatic N) is 21.